The van der Waals surface area contributed by atoms with Gasteiger partial charge in [0.1, 0.15) is 12.2 Å². The Morgan fingerprint density at radius 3 is 2.31 bits per heavy atom. The van der Waals surface area contributed by atoms with E-state index in [4.69, 9.17) is 32.7 Å². The van der Waals surface area contributed by atoms with E-state index in [1.165, 1.54) is 23.3 Å². The second-order valence-electron chi connectivity index (χ2n) is 13.8. The molecule has 0 aliphatic carbocycles. The lowest BCUT2D eigenvalue weighted by Crippen LogP contribution is -2.46. The molecule has 0 atom stereocenters. The highest BCUT2D eigenvalue weighted by Gasteiger charge is 2.30. The zero-order valence-corrected chi connectivity index (χ0v) is 28.7. The van der Waals surface area contributed by atoms with Gasteiger partial charge in [0.2, 0.25) is 5.28 Å². The van der Waals surface area contributed by atoms with E-state index >= 15 is 0 Å². The Labute approximate surface area is 258 Å². The van der Waals surface area contributed by atoms with E-state index in [9.17, 15) is 14.4 Å². The minimum Gasteiger partial charge on any atom is -0.491 e. The van der Waals surface area contributed by atoms with Crippen molar-refractivity contribution in [1.82, 2.24) is 19.4 Å². The molecule has 0 aliphatic rings. The van der Waals surface area contributed by atoms with Crippen LogP contribution >= 0.6 is 23.2 Å². The SMILES string of the molecule is COC(=O)Cn1cc(-c2cc(Cl)c(OCC[Si](C)(C)C)c(C(=O)NC(C)(C)CC(C)(C)C)c2)c2c(=O)n(C)c(Cl)nc21. The van der Waals surface area contributed by atoms with Gasteiger partial charge in [0.25, 0.3) is 11.5 Å². The number of benzene rings is 1. The fourth-order valence-corrected chi connectivity index (χ4v) is 6.25. The molecule has 0 radical (unpaired) electrons. The van der Waals surface area contributed by atoms with Crippen molar-refractivity contribution in [3.63, 3.8) is 0 Å². The van der Waals surface area contributed by atoms with Gasteiger partial charge in [-0.15, -0.1) is 0 Å². The summed E-state index contributed by atoms with van der Waals surface area (Å²) < 4.78 is 13.7. The van der Waals surface area contributed by atoms with Gasteiger partial charge in [0.15, 0.2) is 5.75 Å². The van der Waals surface area contributed by atoms with Crippen LogP contribution in [0.25, 0.3) is 22.2 Å². The molecule has 1 aromatic carbocycles. The smallest absolute Gasteiger partial charge is 0.325 e. The number of rotatable bonds is 10. The summed E-state index contributed by atoms with van der Waals surface area (Å²) in [7, 11) is 1.36. The van der Waals surface area contributed by atoms with Gasteiger partial charge in [0.05, 0.1) is 29.7 Å². The van der Waals surface area contributed by atoms with Crippen LogP contribution in [0.2, 0.25) is 36.0 Å². The Morgan fingerprint density at radius 2 is 1.74 bits per heavy atom. The maximum atomic E-state index is 13.9. The van der Waals surface area contributed by atoms with E-state index in [-0.39, 0.29) is 50.5 Å². The van der Waals surface area contributed by atoms with E-state index in [1.807, 2.05) is 13.8 Å². The summed E-state index contributed by atoms with van der Waals surface area (Å²) in [5.41, 5.74) is 0.439. The van der Waals surface area contributed by atoms with Gasteiger partial charge < -0.3 is 19.4 Å². The number of hydrogen-bond acceptors (Lipinski definition) is 6. The van der Waals surface area contributed by atoms with Crippen LogP contribution in [0, 0.1) is 5.41 Å². The van der Waals surface area contributed by atoms with Crippen LogP contribution in [0.15, 0.2) is 23.1 Å². The van der Waals surface area contributed by atoms with Crippen LogP contribution in [0.3, 0.4) is 0 Å². The number of carbonyl (C=O) groups excluding carboxylic acids is 2. The third-order valence-electron chi connectivity index (χ3n) is 6.69. The molecule has 42 heavy (non-hydrogen) atoms. The van der Waals surface area contributed by atoms with Gasteiger partial charge in [-0.2, -0.15) is 0 Å². The average molecular weight is 638 g/mol. The molecule has 0 aliphatic heterocycles. The number of nitrogens with zero attached hydrogens (tertiary/aromatic N) is 3. The van der Waals surface area contributed by atoms with Gasteiger partial charge in [-0.25, -0.2) is 4.98 Å². The topological polar surface area (TPSA) is 104 Å². The molecule has 12 heteroatoms. The molecule has 1 amide bonds. The number of hydrogen-bond donors (Lipinski definition) is 1. The Kier molecular flexibility index (Phi) is 9.96. The van der Waals surface area contributed by atoms with Crippen molar-refractivity contribution in [2.45, 2.75) is 78.8 Å². The molecule has 230 valence electrons. The summed E-state index contributed by atoms with van der Waals surface area (Å²) >= 11 is 13.0. The number of fused-ring (bicyclic) bond motifs is 1. The predicted molar refractivity (Wildman–Crippen MR) is 172 cm³/mol. The van der Waals surface area contributed by atoms with Crippen molar-refractivity contribution in [3.05, 3.63) is 44.6 Å². The number of ether oxygens (including phenoxy) is 2. The quantitative estimate of drug-likeness (QED) is 0.154. The summed E-state index contributed by atoms with van der Waals surface area (Å²) in [5, 5.41) is 3.58. The third-order valence-corrected chi connectivity index (χ3v) is 9.02. The molecule has 3 aromatic rings. The van der Waals surface area contributed by atoms with E-state index in [0.717, 1.165) is 12.5 Å². The molecular weight excluding hydrogens is 595 g/mol. The molecule has 0 unspecified atom stereocenters. The number of halogens is 2. The lowest BCUT2D eigenvalue weighted by atomic mass is 9.81. The van der Waals surface area contributed by atoms with Crippen LogP contribution in [0.1, 0.15) is 51.4 Å². The number of esters is 1. The second kappa shape index (κ2) is 12.4. The van der Waals surface area contributed by atoms with Crippen LogP contribution in [0.5, 0.6) is 5.75 Å². The molecule has 3 rings (SSSR count). The van der Waals surface area contributed by atoms with Gasteiger partial charge in [-0.05, 0) is 61.0 Å². The summed E-state index contributed by atoms with van der Waals surface area (Å²) in [5.74, 6) is -0.583. The van der Waals surface area contributed by atoms with Gasteiger partial charge in [0, 0.05) is 32.4 Å². The molecule has 0 saturated heterocycles. The summed E-state index contributed by atoms with van der Waals surface area (Å²) in [4.78, 5) is 43.8. The Morgan fingerprint density at radius 1 is 1.10 bits per heavy atom. The number of methoxy groups -OCH3 is 1. The highest BCUT2D eigenvalue weighted by atomic mass is 35.5. The monoisotopic (exact) mass is 636 g/mol. The van der Waals surface area contributed by atoms with E-state index in [0.29, 0.717) is 17.7 Å². The highest BCUT2D eigenvalue weighted by molar-refractivity contribution is 6.76. The normalized spacial score (nSPS) is 12.5. The number of nitrogens with one attached hydrogen (secondary N) is 1. The summed E-state index contributed by atoms with van der Waals surface area (Å²) in [6, 6.07) is 4.21. The van der Waals surface area contributed by atoms with Crippen LogP contribution in [-0.2, 0) is 23.1 Å². The van der Waals surface area contributed by atoms with Crippen LogP contribution in [-0.4, -0.2) is 53.3 Å². The molecule has 0 fully saturated rings. The number of carbonyl (C=O) groups is 2. The minimum absolute atomic E-state index is 0.0251. The van der Waals surface area contributed by atoms with Crippen LogP contribution in [0.4, 0.5) is 0 Å². The van der Waals surface area contributed by atoms with Crippen molar-refractivity contribution in [1.29, 1.82) is 0 Å². The molecule has 0 bridgehead atoms. The largest absolute Gasteiger partial charge is 0.491 e. The number of aromatic nitrogens is 3. The molecule has 0 saturated carbocycles. The molecule has 2 heterocycles. The average Bonchev–Trinajstić information content (AvgIpc) is 3.18. The van der Waals surface area contributed by atoms with Crippen LogP contribution < -0.4 is 15.6 Å². The number of amides is 1. The highest BCUT2D eigenvalue weighted by Crippen LogP contribution is 2.38. The van der Waals surface area contributed by atoms with Gasteiger partial charge >= 0.3 is 5.97 Å². The van der Waals surface area contributed by atoms with E-state index in [2.05, 4.69) is 50.7 Å². The fourth-order valence-electron chi connectivity index (χ4n) is 5.10. The minimum atomic E-state index is -1.43. The Balaban J connectivity index is 2.23. The molecule has 0 spiro atoms. The second-order valence-corrected chi connectivity index (χ2v) is 20.1. The van der Waals surface area contributed by atoms with Crippen molar-refractivity contribution < 1.29 is 19.1 Å². The molecular formula is C30H42Cl2N4O5Si. The maximum absolute atomic E-state index is 13.9. The van der Waals surface area contributed by atoms with E-state index < -0.39 is 25.1 Å². The van der Waals surface area contributed by atoms with E-state index in [1.54, 1.807) is 18.3 Å². The summed E-state index contributed by atoms with van der Waals surface area (Å²) in [6.45, 7) is 17.3. The van der Waals surface area contributed by atoms with Gasteiger partial charge in [-0.3, -0.25) is 19.0 Å². The van der Waals surface area contributed by atoms with Crippen molar-refractivity contribution >= 4 is 54.2 Å². The van der Waals surface area contributed by atoms with Crippen molar-refractivity contribution in [2.24, 2.45) is 12.5 Å². The maximum Gasteiger partial charge on any atom is 0.325 e. The Bertz CT molecular complexity index is 1570. The zero-order valence-electron chi connectivity index (χ0n) is 26.2. The molecule has 9 nitrogen and oxygen atoms in total. The first kappa shape index (κ1) is 33.7. The lowest BCUT2D eigenvalue weighted by molar-refractivity contribution is -0.141. The first-order valence-electron chi connectivity index (χ1n) is 13.8. The standard InChI is InChI=1S/C30H42Cl2N4O5Si/c1-29(2,3)17-30(4,5)34-26(38)19-13-18(14-21(31)24(19)41-11-12-42(8,9)10)20-15-36(16-22(37)40-7)25-23(20)27(39)35(6)28(32)33-25/h13-15H,11-12,16-17H2,1-10H3,(H,34,38). The first-order chi connectivity index (χ1) is 19.2. The van der Waals surface area contributed by atoms with Crippen molar-refractivity contribution in [2.75, 3.05) is 13.7 Å². The molecule has 1 N–H and O–H groups in total. The Hall–Kier alpha value is -2.82. The lowest BCUT2D eigenvalue weighted by Gasteiger charge is -2.33. The third kappa shape index (κ3) is 8.17. The zero-order chi connectivity index (χ0) is 31.8. The first-order valence-corrected chi connectivity index (χ1v) is 18.3. The van der Waals surface area contributed by atoms with Gasteiger partial charge in [-0.1, -0.05) is 52.0 Å². The predicted octanol–water partition coefficient (Wildman–Crippen LogP) is 6.54. The molecule has 2 aromatic heterocycles. The summed E-state index contributed by atoms with van der Waals surface area (Å²) in [6.07, 6.45) is 2.35. The van der Waals surface area contributed by atoms with Crippen molar-refractivity contribution in [3.8, 4) is 16.9 Å². The fraction of sp³-hybridized carbons (Fsp3) is 0.533.